The minimum atomic E-state index is -0.901. The number of amides is 1. The van der Waals surface area contributed by atoms with Gasteiger partial charge in [-0.3, -0.25) is 19.7 Å². The van der Waals surface area contributed by atoms with E-state index in [4.69, 9.17) is 5.11 Å². The zero-order chi connectivity index (χ0) is 16.0. The lowest BCUT2D eigenvalue weighted by molar-refractivity contribution is -0.384. The van der Waals surface area contributed by atoms with Crippen LogP contribution in [0.2, 0.25) is 0 Å². The SMILES string of the molecule is CC(C)N(CCCC(=O)O)C(=O)c1ccc([N+](=O)[O-])cc1. The maximum Gasteiger partial charge on any atom is 0.303 e. The third kappa shape index (κ3) is 4.87. The first-order chi connectivity index (χ1) is 9.82. The molecule has 0 spiro atoms. The Kier molecular flexibility index (Phi) is 5.83. The Hall–Kier alpha value is -2.44. The van der Waals surface area contributed by atoms with Crippen molar-refractivity contribution in [1.82, 2.24) is 4.90 Å². The van der Waals surface area contributed by atoms with E-state index >= 15 is 0 Å². The molecule has 0 aliphatic heterocycles. The molecule has 0 saturated heterocycles. The van der Waals surface area contributed by atoms with Gasteiger partial charge in [-0.25, -0.2) is 0 Å². The highest BCUT2D eigenvalue weighted by atomic mass is 16.6. The molecule has 0 atom stereocenters. The van der Waals surface area contributed by atoms with Gasteiger partial charge in [0.1, 0.15) is 0 Å². The average Bonchev–Trinajstić information content (AvgIpc) is 2.42. The lowest BCUT2D eigenvalue weighted by atomic mass is 10.1. The summed E-state index contributed by atoms with van der Waals surface area (Å²) in [5, 5.41) is 19.2. The highest BCUT2D eigenvalue weighted by Gasteiger charge is 2.19. The summed E-state index contributed by atoms with van der Waals surface area (Å²) in [6, 6.07) is 5.30. The molecule has 0 aromatic heterocycles. The van der Waals surface area contributed by atoms with E-state index in [9.17, 15) is 19.7 Å². The van der Waals surface area contributed by atoms with E-state index in [0.717, 1.165) is 0 Å². The summed E-state index contributed by atoms with van der Waals surface area (Å²) >= 11 is 0. The number of carbonyl (C=O) groups excluding carboxylic acids is 1. The summed E-state index contributed by atoms with van der Waals surface area (Å²) in [6.45, 7) is 4.01. The normalized spacial score (nSPS) is 10.4. The quantitative estimate of drug-likeness (QED) is 0.614. The molecule has 0 radical (unpaired) electrons. The minimum absolute atomic E-state index is 0.00321. The van der Waals surface area contributed by atoms with Gasteiger partial charge in [0, 0.05) is 36.7 Å². The molecule has 1 N–H and O–H groups in total. The number of non-ortho nitro benzene ring substituents is 1. The Morgan fingerprint density at radius 3 is 2.29 bits per heavy atom. The Bertz CT molecular complexity index is 525. The highest BCUT2D eigenvalue weighted by Crippen LogP contribution is 2.15. The van der Waals surface area contributed by atoms with Gasteiger partial charge in [-0.05, 0) is 32.4 Å². The maximum atomic E-state index is 12.4. The first kappa shape index (κ1) is 16.6. The van der Waals surface area contributed by atoms with E-state index < -0.39 is 10.9 Å². The van der Waals surface area contributed by atoms with Crippen LogP contribution >= 0.6 is 0 Å². The lowest BCUT2D eigenvalue weighted by Crippen LogP contribution is -2.37. The molecule has 7 heteroatoms. The molecule has 114 valence electrons. The Balaban J connectivity index is 2.80. The van der Waals surface area contributed by atoms with Crippen LogP contribution in [-0.4, -0.2) is 39.4 Å². The number of aliphatic carboxylic acids is 1. The lowest BCUT2D eigenvalue weighted by Gasteiger charge is -2.26. The van der Waals surface area contributed by atoms with Crippen molar-refractivity contribution in [3.05, 3.63) is 39.9 Å². The number of hydrogen-bond acceptors (Lipinski definition) is 4. The smallest absolute Gasteiger partial charge is 0.303 e. The van der Waals surface area contributed by atoms with Crippen LogP contribution in [0.25, 0.3) is 0 Å². The number of carbonyl (C=O) groups is 2. The van der Waals surface area contributed by atoms with Gasteiger partial charge < -0.3 is 10.0 Å². The third-order valence-corrected chi connectivity index (χ3v) is 3.00. The molecule has 1 aromatic rings. The molecule has 1 rings (SSSR count). The van der Waals surface area contributed by atoms with Crippen LogP contribution < -0.4 is 0 Å². The molecule has 0 aliphatic rings. The summed E-state index contributed by atoms with van der Waals surface area (Å²) < 4.78 is 0. The first-order valence-electron chi connectivity index (χ1n) is 6.60. The van der Waals surface area contributed by atoms with Crippen LogP contribution in [0.1, 0.15) is 37.0 Å². The second-order valence-electron chi connectivity index (χ2n) is 4.89. The van der Waals surface area contributed by atoms with E-state index in [1.165, 1.54) is 24.3 Å². The Morgan fingerprint density at radius 1 is 1.29 bits per heavy atom. The molecule has 0 fully saturated rings. The number of nitro benzene ring substituents is 1. The third-order valence-electron chi connectivity index (χ3n) is 3.00. The van der Waals surface area contributed by atoms with Crippen LogP contribution in [0.15, 0.2) is 24.3 Å². The van der Waals surface area contributed by atoms with E-state index in [2.05, 4.69) is 0 Å². The highest BCUT2D eigenvalue weighted by molar-refractivity contribution is 5.94. The van der Waals surface area contributed by atoms with Gasteiger partial charge in [-0.1, -0.05) is 0 Å². The zero-order valence-electron chi connectivity index (χ0n) is 12.0. The molecule has 0 unspecified atom stereocenters. The van der Waals surface area contributed by atoms with Crippen LogP contribution in [0, 0.1) is 10.1 Å². The largest absolute Gasteiger partial charge is 0.481 e. The fourth-order valence-electron chi connectivity index (χ4n) is 1.89. The number of carboxylic acids is 1. The van der Waals surface area contributed by atoms with Crippen LogP contribution in [0.5, 0.6) is 0 Å². The first-order valence-corrected chi connectivity index (χ1v) is 6.60. The van der Waals surface area contributed by atoms with Gasteiger partial charge in [0.05, 0.1) is 4.92 Å². The van der Waals surface area contributed by atoms with Gasteiger partial charge in [-0.2, -0.15) is 0 Å². The fraction of sp³-hybridized carbons (Fsp3) is 0.429. The summed E-state index contributed by atoms with van der Waals surface area (Å²) in [5.41, 5.74) is 0.276. The summed E-state index contributed by atoms with van der Waals surface area (Å²) in [6.07, 6.45) is 0.364. The molecule has 0 aliphatic carbocycles. The maximum absolute atomic E-state index is 12.4. The summed E-state index contributed by atoms with van der Waals surface area (Å²) in [5.74, 6) is -1.16. The molecule has 0 saturated carbocycles. The molecule has 21 heavy (non-hydrogen) atoms. The molecular formula is C14H18N2O5. The Labute approximate surface area is 122 Å². The van der Waals surface area contributed by atoms with Gasteiger partial charge in [0.25, 0.3) is 11.6 Å². The van der Waals surface area contributed by atoms with Crippen LogP contribution in [-0.2, 0) is 4.79 Å². The number of benzene rings is 1. The van der Waals surface area contributed by atoms with Gasteiger partial charge >= 0.3 is 5.97 Å². The predicted molar refractivity (Wildman–Crippen MR) is 76.1 cm³/mol. The van der Waals surface area contributed by atoms with Gasteiger partial charge in [0.2, 0.25) is 0 Å². The van der Waals surface area contributed by atoms with Crippen molar-refractivity contribution in [1.29, 1.82) is 0 Å². The summed E-state index contributed by atoms with van der Waals surface area (Å²) in [4.78, 5) is 34.5. The van der Waals surface area contributed by atoms with E-state index in [1.807, 2.05) is 13.8 Å². The Morgan fingerprint density at radius 2 is 1.86 bits per heavy atom. The van der Waals surface area contributed by atoms with Crippen molar-refractivity contribution >= 4 is 17.6 Å². The van der Waals surface area contributed by atoms with Crippen molar-refractivity contribution in [3.63, 3.8) is 0 Å². The molecular weight excluding hydrogens is 276 g/mol. The average molecular weight is 294 g/mol. The number of hydrogen-bond donors (Lipinski definition) is 1. The fourth-order valence-corrected chi connectivity index (χ4v) is 1.89. The van der Waals surface area contributed by atoms with Crippen molar-refractivity contribution in [2.24, 2.45) is 0 Å². The van der Waals surface area contributed by atoms with E-state index in [-0.39, 0.29) is 24.1 Å². The van der Waals surface area contributed by atoms with E-state index in [0.29, 0.717) is 18.5 Å². The molecule has 1 aromatic carbocycles. The van der Waals surface area contributed by atoms with Gasteiger partial charge in [-0.15, -0.1) is 0 Å². The number of rotatable bonds is 7. The predicted octanol–water partition coefficient (Wildman–Crippen LogP) is 2.31. The number of carboxylic acid groups (broad SMARTS) is 1. The minimum Gasteiger partial charge on any atom is -0.481 e. The second-order valence-corrected chi connectivity index (χ2v) is 4.89. The van der Waals surface area contributed by atoms with Crippen molar-refractivity contribution in [2.75, 3.05) is 6.54 Å². The van der Waals surface area contributed by atoms with Crippen LogP contribution in [0.4, 0.5) is 5.69 Å². The van der Waals surface area contributed by atoms with Crippen molar-refractivity contribution in [3.8, 4) is 0 Å². The molecule has 1 amide bonds. The monoisotopic (exact) mass is 294 g/mol. The van der Waals surface area contributed by atoms with Crippen LogP contribution in [0.3, 0.4) is 0 Å². The van der Waals surface area contributed by atoms with Gasteiger partial charge in [0.15, 0.2) is 0 Å². The standard InChI is InChI=1S/C14H18N2O5/c1-10(2)15(9-3-4-13(17)18)14(19)11-5-7-12(8-6-11)16(20)21/h5-8,10H,3-4,9H2,1-2H3,(H,17,18). The zero-order valence-corrected chi connectivity index (χ0v) is 12.0. The molecule has 0 bridgehead atoms. The van der Waals surface area contributed by atoms with Crippen molar-refractivity contribution < 1.29 is 19.6 Å². The number of nitro groups is 1. The molecule has 7 nitrogen and oxygen atoms in total. The van der Waals surface area contributed by atoms with E-state index in [1.54, 1.807) is 4.90 Å². The molecule has 0 heterocycles. The van der Waals surface area contributed by atoms with Crippen molar-refractivity contribution in [2.45, 2.75) is 32.7 Å². The topological polar surface area (TPSA) is 101 Å². The number of nitrogens with zero attached hydrogens (tertiary/aromatic N) is 2. The summed E-state index contributed by atoms with van der Waals surface area (Å²) in [7, 11) is 0. The second kappa shape index (κ2) is 7.37.